The lowest BCUT2D eigenvalue weighted by molar-refractivity contribution is 0.108. The van der Waals surface area contributed by atoms with Crippen molar-refractivity contribution >= 4 is 29.9 Å². The summed E-state index contributed by atoms with van der Waals surface area (Å²) in [4.78, 5) is 6.96. The van der Waals surface area contributed by atoms with E-state index in [4.69, 9.17) is 4.99 Å². The second kappa shape index (κ2) is 9.56. The number of aliphatic imine (C=N–C) groups is 1. The standard InChI is InChI=1S/C18H28FN3O.HI/c1-4-20-17(22-10-8-16(23)9-11-22)21-13-18(2,3)14-6-5-7-15(19)12-14;/h5-7,12,16,23H,4,8-11,13H2,1-3H3,(H,20,21);1H. The Labute approximate surface area is 161 Å². The zero-order valence-electron chi connectivity index (χ0n) is 14.8. The number of aliphatic hydroxyl groups is 1. The zero-order chi connectivity index (χ0) is 16.9. The molecule has 0 aromatic heterocycles. The van der Waals surface area contributed by atoms with E-state index in [1.165, 1.54) is 6.07 Å². The Morgan fingerprint density at radius 3 is 2.62 bits per heavy atom. The zero-order valence-corrected chi connectivity index (χ0v) is 17.1. The van der Waals surface area contributed by atoms with E-state index in [1.54, 1.807) is 12.1 Å². The van der Waals surface area contributed by atoms with Gasteiger partial charge in [-0.2, -0.15) is 0 Å². The van der Waals surface area contributed by atoms with Crippen LogP contribution in [0.4, 0.5) is 4.39 Å². The largest absolute Gasteiger partial charge is 0.393 e. The van der Waals surface area contributed by atoms with Gasteiger partial charge >= 0.3 is 0 Å². The highest BCUT2D eigenvalue weighted by Crippen LogP contribution is 2.24. The van der Waals surface area contributed by atoms with Crippen LogP contribution in [0.25, 0.3) is 0 Å². The average molecular weight is 449 g/mol. The summed E-state index contributed by atoms with van der Waals surface area (Å²) >= 11 is 0. The smallest absolute Gasteiger partial charge is 0.193 e. The van der Waals surface area contributed by atoms with Crippen LogP contribution >= 0.6 is 24.0 Å². The second-order valence-electron chi connectivity index (χ2n) is 6.78. The van der Waals surface area contributed by atoms with Crippen LogP contribution in [0.15, 0.2) is 29.3 Å². The van der Waals surface area contributed by atoms with Gasteiger partial charge < -0.3 is 15.3 Å². The van der Waals surface area contributed by atoms with Gasteiger partial charge in [0.2, 0.25) is 0 Å². The number of hydrogen-bond donors (Lipinski definition) is 2. The maximum absolute atomic E-state index is 13.5. The van der Waals surface area contributed by atoms with Crippen molar-refractivity contribution in [2.24, 2.45) is 4.99 Å². The predicted molar refractivity (Wildman–Crippen MR) is 108 cm³/mol. The molecule has 6 heteroatoms. The molecular weight excluding hydrogens is 420 g/mol. The highest BCUT2D eigenvalue weighted by molar-refractivity contribution is 14.0. The third kappa shape index (κ3) is 5.88. The van der Waals surface area contributed by atoms with E-state index in [1.807, 2.05) is 13.0 Å². The first-order valence-corrected chi connectivity index (χ1v) is 8.40. The Morgan fingerprint density at radius 2 is 2.04 bits per heavy atom. The summed E-state index contributed by atoms with van der Waals surface area (Å²) in [5, 5.41) is 13.0. The van der Waals surface area contributed by atoms with E-state index in [-0.39, 0.29) is 41.3 Å². The molecular formula is C18H29FIN3O. The lowest BCUT2D eigenvalue weighted by atomic mass is 9.85. The van der Waals surface area contributed by atoms with Crippen molar-refractivity contribution in [2.45, 2.75) is 45.1 Å². The number of piperidine rings is 1. The number of guanidine groups is 1. The first-order valence-electron chi connectivity index (χ1n) is 8.40. The van der Waals surface area contributed by atoms with Crippen LogP contribution in [0.3, 0.4) is 0 Å². The molecule has 0 unspecified atom stereocenters. The third-order valence-electron chi connectivity index (χ3n) is 4.33. The molecule has 0 amide bonds. The minimum absolute atomic E-state index is 0. The van der Waals surface area contributed by atoms with Crippen molar-refractivity contribution in [3.05, 3.63) is 35.6 Å². The van der Waals surface area contributed by atoms with E-state index < -0.39 is 0 Å². The molecule has 1 aliphatic heterocycles. The molecule has 0 spiro atoms. The van der Waals surface area contributed by atoms with Gasteiger partial charge in [0.15, 0.2) is 5.96 Å². The van der Waals surface area contributed by atoms with Crippen LogP contribution in [0.2, 0.25) is 0 Å². The van der Waals surface area contributed by atoms with E-state index in [2.05, 4.69) is 24.1 Å². The van der Waals surface area contributed by atoms with E-state index in [0.29, 0.717) is 6.54 Å². The number of likely N-dealkylation sites (tertiary alicyclic amines) is 1. The molecule has 1 fully saturated rings. The first-order chi connectivity index (χ1) is 10.9. The molecule has 4 nitrogen and oxygen atoms in total. The van der Waals surface area contributed by atoms with Crippen molar-refractivity contribution in [1.29, 1.82) is 0 Å². The topological polar surface area (TPSA) is 47.9 Å². The Kier molecular flexibility index (Phi) is 8.42. The summed E-state index contributed by atoms with van der Waals surface area (Å²) in [7, 11) is 0. The SMILES string of the molecule is CCNC(=NCC(C)(C)c1cccc(F)c1)N1CCC(O)CC1.I. The molecule has 0 radical (unpaired) electrons. The quantitative estimate of drug-likeness (QED) is 0.422. The minimum atomic E-state index is -0.238. The van der Waals surface area contributed by atoms with Gasteiger partial charge in [-0.05, 0) is 37.5 Å². The van der Waals surface area contributed by atoms with Gasteiger partial charge in [0, 0.05) is 25.0 Å². The van der Waals surface area contributed by atoms with E-state index in [9.17, 15) is 9.50 Å². The molecule has 1 heterocycles. The monoisotopic (exact) mass is 449 g/mol. The molecule has 24 heavy (non-hydrogen) atoms. The number of halogens is 2. The summed E-state index contributed by atoms with van der Waals surface area (Å²) in [6.07, 6.45) is 1.35. The van der Waals surface area contributed by atoms with Crippen LogP contribution < -0.4 is 5.32 Å². The van der Waals surface area contributed by atoms with E-state index in [0.717, 1.165) is 44.0 Å². The van der Waals surface area contributed by atoms with Crippen molar-refractivity contribution < 1.29 is 9.50 Å². The van der Waals surface area contributed by atoms with Crippen LogP contribution in [-0.2, 0) is 5.41 Å². The molecule has 1 aromatic rings. The Balaban J connectivity index is 0.00000288. The number of nitrogens with zero attached hydrogens (tertiary/aromatic N) is 2. The fourth-order valence-electron chi connectivity index (χ4n) is 2.78. The summed E-state index contributed by atoms with van der Waals surface area (Å²) in [5.41, 5.74) is 0.712. The molecule has 0 saturated carbocycles. The first kappa shape index (κ1) is 21.2. The second-order valence-corrected chi connectivity index (χ2v) is 6.78. The molecule has 1 aromatic carbocycles. The number of rotatable bonds is 4. The lowest BCUT2D eigenvalue weighted by Gasteiger charge is -2.33. The van der Waals surface area contributed by atoms with Crippen LogP contribution in [0.5, 0.6) is 0 Å². The number of hydrogen-bond acceptors (Lipinski definition) is 2. The number of nitrogens with one attached hydrogen (secondary N) is 1. The summed E-state index contributed by atoms with van der Waals surface area (Å²) in [6, 6.07) is 6.74. The highest BCUT2D eigenvalue weighted by atomic mass is 127. The van der Waals surface area contributed by atoms with Gasteiger partial charge in [-0.25, -0.2) is 4.39 Å². The normalized spacial score (nSPS) is 16.7. The highest BCUT2D eigenvalue weighted by Gasteiger charge is 2.23. The molecule has 2 rings (SSSR count). The third-order valence-corrected chi connectivity index (χ3v) is 4.33. The van der Waals surface area contributed by atoms with Crippen LogP contribution in [-0.4, -0.2) is 48.2 Å². The average Bonchev–Trinajstić information content (AvgIpc) is 2.52. The summed E-state index contributed by atoms with van der Waals surface area (Å²) in [6.45, 7) is 9.21. The molecule has 136 valence electrons. The maximum atomic E-state index is 13.5. The predicted octanol–water partition coefficient (Wildman–Crippen LogP) is 3.14. The molecule has 0 bridgehead atoms. The summed E-state index contributed by atoms with van der Waals surface area (Å²) < 4.78 is 13.5. The number of benzene rings is 1. The maximum Gasteiger partial charge on any atom is 0.193 e. The van der Waals surface area contributed by atoms with Gasteiger partial charge in [-0.3, -0.25) is 4.99 Å². The molecule has 2 N–H and O–H groups in total. The van der Waals surface area contributed by atoms with Gasteiger partial charge in [-0.15, -0.1) is 24.0 Å². The number of aliphatic hydroxyl groups excluding tert-OH is 1. The van der Waals surface area contributed by atoms with Crippen molar-refractivity contribution in [3.8, 4) is 0 Å². The minimum Gasteiger partial charge on any atom is -0.393 e. The molecule has 0 aliphatic carbocycles. The molecule has 0 atom stereocenters. The van der Waals surface area contributed by atoms with Crippen LogP contribution in [0, 0.1) is 5.82 Å². The summed E-state index contributed by atoms with van der Waals surface area (Å²) in [5.74, 6) is 0.667. The van der Waals surface area contributed by atoms with Crippen molar-refractivity contribution in [3.63, 3.8) is 0 Å². The van der Waals surface area contributed by atoms with E-state index >= 15 is 0 Å². The fraction of sp³-hybridized carbons (Fsp3) is 0.611. The van der Waals surface area contributed by atoms with Crippen LogP contribution in [0.1, 0.15) is 39.2 Å². The van der Waals surface area contributed by atoms with Gasteiger partial charge in [0.1, 0.15) is 5.82 Å². The molecule has 1 saturated heterocycles. The lowest BCUT2D eigenvalue weighted by Crippen LogP contribution is -2.47. The van der Waals surface area contributed by atoms with Crippen molar-refractivity contribution in [2.75, 3.05) is 26.2 Å². The van der Waals surface area contributed by atoms with Gasteiger partial charge in [0.05, 0.1) is 12.6 Å². The van der Waals surface area contributed by atoms with Crippen molar-refractivity contribution in [1.82, 2.24) is 10.2 Å². The molecule has 1 aliphatic rings. The van der Waals surface area contributed by atoms with Gasteiger partial charge in [-0.1, -0.05) is 26.0 Å². The Morgan fingerprint density at radius 1 is 1.38 bits per heavy atom. The fourth-order valence-corrected chi connectivity index (χ4v) is 2.78. The Hall–Kier alpha value is -0.890. The Bertz CT molecular complexity index is 543. The van der Waals surface area contributed by atoms with Gasteiger partial charge in [0.25, 0.3) is 0 Å².